The molecule has 3 rings (SSSR count). The van der Waals surface area contributed by atoms with Crippen molar-refractivity contribution in [3.05, 3.63) is 27.4 Å². The zero-order chi connectivity index (χ0) is 13.2. The van der Waals surface area contributed by atoms with Crippen molar-refractivity contribution in [1.29, 1.82) is 5.41 Å². The van der Waals surface area contributed by atoms with Crippen molar-refractivity contribution in [2.75, 3.05) is 26.3 Å². The largest absolute Gasteiger partial charge is 0.404 e. The van der Waals surface area contributed by atoms with Crippen molar-refractivity contribution >= 4 is 17.0 Å². The summed E-state index contributed by atoms with van der Waals surface area (Å²) in [6, 6.07) is 0. The molecular formula is C13H18N4OS. The van der Waals surface area contributed by atoms with Crippen LogP contribution in [0.3, 0.4) is 0 Å². The Morgan fingerprint density at radius 3 is 2.89 bits per heavy atom. The Bertz CT molecular complexity index is 517. The minimum absolute atomic E-state index is 0.508. The first kappa shape index (κ1) is 12.8. The number of ether oxygens (including phenoxy) is 1. The van der Waals surface area contributed by atoms with Gasteiger partial charge in [-0.05, 0) is 24.6 Å². The van der Waals surface area contributed by atoms with Crippen LogP contribution in [0.15, 0.2) is 11.8 Å². The van der Waals surface area contributed by atoms with Crippen LogP contribution in [0.1, 0.15) is 22.0 Å². The van der Waals surface area contributed by atoms with Crippen molar-refractivity contribution in [2.45, 2.75) is 19.4 Å². The minimum atomic E-state index is 0.508. The Labute approximate surface area is 116 Å². The van der Waals surface area contributed by atoms with Gasteiger partial charge in [0.15, 0.2) is 0 Å². The highest BCUT2D eigenvalue weighted by atomic mass is 32.1. The molecule has 0 radical (unpaired) electrons. The zero-order valence-corrected chi connectivity index (χ0v) is 11.6. The fourth-order valence-corrected chi connectivity index (χ4v) is 3.59. The maximum absolute atomic E-state index is 8.12. The highest BCUT2D eigenvalue weighted by molar-refractivity contribution is 7.12. The number of morpholine rings is 1. The van der Waals surface area contributed by atoms with Crippen molar-refractivity contribution in [2.24, 2.45) is 5.73 Å². The molecule has 0 spiro atoms. The number of aryl methyl sites for hydroxylation is 1. The topological polar surface area (TPSA) is 75.2 Å². The number of nitrogens with two attached hydrogens (primary N) is 1. The zero-order valence-electron chi connectivity index (χ0n) is 10.8. The van der Waals surface area contributed by atoms with Gasteiger partial charge in [0.25, 0.3) is 0 Å². The van der Waals surface area contributed by atoms with Crippen molar-refractivity contribution in [3.63, 3.8) is 0 Å². The second-order valence-corrected chi connectivity index (χ2v) is 6.00. The summed E-state index contributed by atoms with van der Waals surface area (Å²) in [4.78, 5) is 8.23. The van der Waals surface area contributed by atoms with E-state index in [1.54, 1.807) is 17.5 Å². The maximum Gasteiger partial charge on any atom is 0.108 e. The van der Waals surface area contributed by atoms with Crippen molar-refractivity contribution in [3.8, 4) is 0 Å². The number of nitrogens with zero attached hydrogens (tertiary/aromatic N) is 2. The summed E-state index contributed by atoms with van der Waals surface area (Å²) in [5, 5.41) is 9.23. The molecule has 2 aliphatic rings. The number of hydrogen-bond acceptors (Lipinski definition) is 6. The first-order valence-electron chi connectivity index (χ1n) is 6.56. The first-order valence-corrected chi connectivity index (χ1v) is 7.38. The molecule has 19 heavy (non-hydrogen) atoms. The molecule has 1 fully saturated rings. The average Bonchev–Trinajstić information content (AvgIpc) is 2.84. The molecule has 0 atom stereocenters. The summed E-state index contributed by atoms with van der Waals surface area (Å²) < 4.78 is 5.35. The van der Waals surface area contributed by atoms with E-state index in [1.165, 1.54) is 4.88 Å². The van der Waals surface area contributed by atoms with Gasteiger partial charge in [0.05, 0.1) is 25.5 Å². The van der Waals surface area contributed by atoms with E-state index in [4.69, 9.17) is 15.9 Å². The van der Waals surface area contributed by atoms with Crippen LogP contribution < -0.4 is 5.73 Å². The van der Waals surface area contributed by atoms with Crippen LogP contribution in [-0.4, -0.2) is 41.9 Å². The third kappa shape index (κ3) is 2.56. The Morgan fingerprint density at radius 1 is 1.37 bits per heavy atom. The lowest BCUT2D eigenvalue weighted by Gasteiger charge is -2.25. The van der Waals surface area contributed by atoms with Gasteiger partial charge in [-0.3, -0.25) is 10.3 Å². The van der Waals surface area contributed by atoms with Crippen molar-refractivity contribution in [1.82, 2.24) is 9.88 Å². The molecule has 0 bridgehead atoms. The fourth-order valence-electron chi connectivity index (χ4n) is 2.48. The van der Waals surface area contributed by atoms with E-state index >= 15 is 0 Å². The second-order valence-electron chi connectivity index (χ2n) is 4.83. The van der Waals surface area contributed by atoms with E-state index in [9.17, 15) is 0 Å². The third-order valence-corrected chi connectivity index (χ3v) is 4.68. The summed E-state index contributed by atoms with van der Waals surface area (Å²) in [6.45, 7) is 4.42. The van der Waals surface area contributed by atoms with Crippen LogP contribution >= 0.6 is 11.3 Å². The number of nitrogens with one attached hydrogen (secondary N) is 1. The Balaban J connectivity index is 1.77. The number of fused-ring (bicyclic) bond motifs is 1. The average molecular weight is 278 g/mol. The molecule has 1 aromatic rings. The van der Waals surface area contributed by atoms with Gasteiger partial charge in [0, 0.05) is 18.0 Å². The Kier molecular flexibility index (Phi) is 3.63. The van der Waals surface area contributed by atoms with Gasteiger partial charge in [-0.15, -0.1) is 11.3 Å². The summed E-state index contributed by atoms with van der Waals surface area (Å²) in [5.41, 5.74) is 7.82. The smallest absolute Gasteiger partial charge is 0.108 e. The molecule has 102 valence electrons. The minimum Gasteiger partial charge on any atom is -0.404 e. The third-order valence-electron chi connectivity index (χ3n) is 3.58. The van der Waals surface area contributed by atoms with E-state index in [0.717, 1.165) is 62.0 Å². The lowest BCUT2D eigenvalue weighted by atomic mass is 9.96. The van der Waals surface area contributed by atoms with Gasteiger partial charge in [-0.2, -0.15) is 0 Å². The normalized spacial score (nSPS) is 22.7. The van der Waals surface area contributed by atoms with Gasteiger partial charge in [-0.25, -0.2) is 4.98 Å². The van der Waals surface area contributed by atoms with Crippen LogP contribution in [0.25, 0.3) is 0 Å². The van der Waals surface area contributed by atoms with E-state index in [1.807, 2.05) is 0 Å². The molecule has 1 aromatic heterocycles. The molecule has 6 heteroatoms. The molecule has 1 saturated heterocycles. The molecule has 0 aromatic carbocycles. The standard InChI is InChI=1S/C13H18N4OS/c14-7-9-1-2-10-13(12(9)15)16-11(19-10)8-17-3-5-18-6-4-17/h7,15H,1-6,8,14H2. The highest BCUT2D eigenvalue weighted by Crippen LogP contribution is 2.29. The van der Waals surface area contributed by atoms with Gasteiger partial charge in [0.1, 0.15) is 10.7 Å². The molecule has 2 heterocycles. The molecule has 1 aliphatic carbocycles. The van der Waals surface area contributed by atoms with Gasteiger partial charge in [-0.1, -0.05) is 0 Å². The number of rotatable bonds is 2. The summed E-state index contributed by atoms with van der Waals surface area (Å²) in [6.07, 6.45) is 3.37. The molecule has 0 amide bonds. The fraction of sp³-hybridized carbons (Fsp3) is 0.538. The monoisotopic (exact) mass is 278 g/mol. The summed E-state index contributed by atoms with van der Waals surface area (Å²) in [7, 11) is 0. The molecule has 3 N–H and O–H groups in total. The van der Waals surface area contributed by atoms with E-state index < -0.39 is 0 Å². The van der Waals surface area contributed by atoms with Crippen LogP contribution in [-0.2, 0) is 17.7 Å². The van der Waals surface area contributed by atoms with E-state index in [2.05, 4.69) is 9.88 Å². The van der Waals surface area contributed by atoms with Crippen LogP contribution in [0, 0.1) is 5.41 Å². The Hall–Kier alpha value is -1.24. The molecule has 0 unspecified atom stereocenters. The predicted molar refractivity (Wildman–Crippen MR) is 75.6 cm³/mol. The summed E-state index contributed by atoms with van der Waals surface area (Å²) in [5.74, 6) is 0. The number of allylic oxidation sites excluding steroid dienone is 1. The van der Waals surface area contributed by atoms with Gasteiger partial charge >= 0.3 is 0 Å². The van der Waals surface area contributed by atoms with Gasteiger partial charge in [0.2, 0.25) is 0 Å². The molecule has 1 aliphatic heterocycles. The summed E-state index contributed by atoms with van der Waals surface area (Å²) >= 11 is 1.74. The quantitative estimate of drug-likeness (QED) is 0.850. The van der Waals surface area contributed by atoms with Crippen LogP contribution in [0.5, 0.6) is 0 Å². The first-order chi connectivity index (χ1) is 9.28. The van der Waals surface area contributed by atoms with E-state index in [-0.39, 0.29) is 0 Å². The second kappa shape index (κ2) is 5.40. The van der Waals surface area contributed by atoms with Crippen LogP contribution in [0.4, 0.5) is 0 Å². The van der Waals surface area contributed by atoms with Crippen molar-refractivity contribution < 1.29 is 4.74 Å². The SMILES string of the molecule is N=C1C(=CN)CCc2sc(CN3CCOCC3)nc21. The lowest BCUT2D eigenvalue weighted by Crippen LogP contribution is -2.35. The number of hydrogen-bond donors (Lipinski definition) is 2. The number of thiazole rings is 1. The maximum atomic E-state index is 8.12. The Morgan fingerprint density at radius 2 is 2.16 bits per heavy atom. The number of aromatic nitrogens is 1. The molecule has 5 nitrogen and oxygen atoms in total. The van der Waals surface area contributed by atoms with Crippen LogP contribution in [0.2, 0.25) is 0 Å². The molecular weight excluding hydrogens is 260 g/mol. The highest BCUT2D eigenvalue weighted by Gasteiger charge is 2.24. The predicted octanol–water partition coefficient (Wildman–Crippen LogP) is 1.13. The van der Waals surface area contributed by atoms with Gasteiger partial charge < -0.3 is 10.5 Å². The van der Waals surface area contributed by atoms with E-state index in [0.29, 0.717) is 5.71 Å². The molecule has 0 saturated carbocycles. The lowest BCUT2D eigenvalue weighted by molar-refractivity contribution is 0.0341.